The molecule has 0 radical (unpaired) electrons. The van der Waals surface area contributed by atoms with E-state index in [1.54, 1.807) is 6.07 Å². The fourth-order valence-corrected chi connectivity index (χ4v) is 3.22. The Balaban J connectivity index is 0.00000456. The van der Waals surface area contributed by atoms with Crippen molar-refractivity contribution < 1.29 is 66.9 Å². The minimum absolute atomic E-state index is 0. The zero-order valence-corrected chi connectivity index (χ0v) is 22.2. The first-order chi connectivity index (χ1) is 16.3. The Morgan fingerprint density at radius 1 is 0.889 bits per heavy atom. The Morgan fingerprint density at radius 3 is 2.00 bits per heavy atom. The second kappa shape index (κ2) is 11.8. The Bertz CT molecular complexity index is 1200. The van der Waals surface area contributed by atoms with Crippen molar-refractivity contribution in [1.29, 1.82) is 0 Å². The van der Waals surface area contributed by atoms with Crippen LogP contribution in [-0.2, 0) is 21.6 Å². The van der Waals surface area contributed by atoms with Crippen molar-refractivity contribution in [1.82, 2.24) is 0 Å². The number of carbonyl (C=O) groups is 2. The molecule has 3 aromatic rings. The number of carboxylic acid groups (broad SMARTS) is 1. The van der Waals surface area contributed by atoms with Crippen LogP contribution in [0.2, 0.25) is 0 Å². The number of carbonyl (C=O) groups excluding carboxylic acids is 2. The molecule has 0 aliphatic heterocycles. The summed E-state index contributed by atoms with van der Waals surface area (Å²) in [5, 5.41) is 13.2. The maximum atomic E-state index is 12.4. The van der Waals surface area contributed by atoms with Crippen LogP contribution in [0, 0.1) is 0 Å². The van der Waals surface area contributed by atoms with Crippen LogP contribution in [0.3, 0.4) is 0 Å². The fraction of sp³-hybridized carbons (Fsp3) is 0.231. The van der Waals surface area contributed by atoms with E-state index in [2.05, 4.69) is 30.8 Å². The zero-order chi connectivity index (χ0) is 25.8. The molecule has 0 saturated carbocycles. The number of carboxylic acids is 1. The minimum atomic E-state index is -4.81. The monoisotopic (exact) mass is 509 g/mol. The second-order valence-corrected chi connectivity index (χ2v) is 8.76. The minimum Gasteiger partial charge on any atom is -0.540 e. The summed E-state index contributed by atoms with van der Waals surface area (Å²) in [6.07, 6.45) is -4.81. The van der Waals surface area contributed by atoms with Crippen LogP contribution in [-0.4, -0.2) is 18.2 Å². The molecular weight excluding hydrogens is 486 g/mol. The molecule has 1 amide bonds. The predicted molar refractivity (Wildman–Crippen MR) is 122 cm³/mol. The van der Waals surface area contributed by atoms with E-state index < -0.39 is 18.2 Å². The molecule has 0 atom stereocenters. The summed E-state index contributed by atoms with van der Waals surface area (Å²) in [5.74, 6) is -3.47. The average Bonchev–Trinajstić information content (AvgIpc) is 2.77. The van der Waals surface area contributed by atoms with Gasteiger partial charge in [-0.2, -0.15) is 0 Å². The van der Waals surface area contributed by atoms with Crippen LogP contribution in [0.4, 0.5) is 18.9 Å². The van der Waals surface area contributed by atoms with Gasteiger partial charge in [-0.1, -0.05) is 63.2 Å². The van der Waals surface area contributed by atoms with Crippen LogP contribution < -0.4 is 49.5 Å². The van der Waals surface area contributed by atoms with Gasteiger partial charge in [0, 0.05) is 0 Å². The number of hydrogen-bond donors (Lipinski definition) is 1. The molecule has 184 valence electrons. The van der Waals surface area contributed by atoms with E-state index in [0.29, 0.717) is 11.1 Å². The van der Waals surface area contributed by atoms with E-state index >= 15 is 0 Å². The number of ether oxygens (including phenoxy) is 2. The molecule has 0 bridgehead atoms. The van der Waals surface area contributed by atoms with E-state index in [9.17, 15) is 27.9 Å². The summed E-state index contributed by atoms with van der Waals surface area (Å²) < 4.78 is 46.8. The second-order valence-electron chi connectivity index (χ2n) is 8.76. The molecule has 0 aliphatic rings. The molecule has 0 heterocycles. The maximum absolute atomic E-state index is 12.4. The van der Waals surface area contributed by atoms with Gasteiger partial charge in [-0.25, -0.2) is 0 Å². The third kappa shape index (κ3) is 8.29. The first kappa shape index (κ1) is 29.2. The van der Waals surface area contributed by atoms with Gasteiger partial charge in [0.2, 0.25) is 0 Å². The summed E-state index contributed by atoms with van der Waals surface area (Å²) in [4.78, 5) is 22.7. The normalized spacial score (nSPS) is 11.3. The Morgan fingerprint density at radius 2 is 1.47 bits per heavy atom. The number of alkyl halides is 3. The predicted octanol–water partition coefficient (Wildman–Crippen LogP) is 1.82. The number of amides is 1. The van der Waals surface area contributed by atoms with Gasteiger partial charge >= 0.3 is 35.9 Å². The SMILES string of the molecule is CC(C)(C)c1ccc(COc2ccc(-c3ccc(OC(F)(F)F)cc3)cc2NC(=O)C(=O)[O-])cc1.[Na+]. The van der Waals surface area contributed by atoms with Crippen molar-refractivity contribution in [3.05, 3.63) is 77.9 Å². The van der Waals surface area contributed by atoms with Gasteiger partial charge in [-0.3, -0.25) is 4.79 Å². The molecule has 36 heavy (non-hydrogen) atoms. The molecular formula is C26H23F3NNaO5. The third-order valence-corrected chi connectivity index (χ3v) is 5.05. The Hall–Kier alpha value is -3.01. The molecule has 0 aromatic heterocycles. The Kier molecular flexibility index (Phi) is 9.59. The number of rotatable bonds is 6. The maximum Gasteiger partial charge on any atom is 1.00 e. The molecule has 0 saturated heterocycles. The third-order valence-electron chi connectivity index (χ3n) is 5.05. The number of benzene rings is 3. The molecule has 0 fully saturated rings. The standard InChI is InChI=1S/C26H24F3NO5.Na/c1-25(2,3)19-9-4-16(5-10-19)15-34-22-13-8-18(14-21(22)30-23(31)24(32)33)17-6-11-20(12-7-17)35-26(27,28)29;/h4-14H,15H2,1-3H3,(H,30,31)(H,32,33);/q;+1/p-1. The van der Waals surface area contributed by atoms with E-state index in [4.69, 9.17) is 4.74 Å². The number of halogens is 3. The van der Waals surface area contributed by atoms with Gasteiger partial charge in [0.05, 0.1) is 5.69 Å². The number of nitrogens with one attached hydrogen (secondary N) is 1. The Labute approximate surface area is 228 Å². The van der Waals surface area contributed by atoms with Gasteiger partial charge in [0.1, 0.15) is 24.1 Å². The van der Waals surface area contributed by atoms with Crippen LogP contribution in [0.25, 0.3) is 11.1 Å². The number of hydrogen-bond acceptors (Lipinski definition) is 5. The van der Waals surface area contributed by atoms with E-state index in [-0.39, 0.29) is 58.8 Å². The average molecular weight is 509 g/mol. The van der Waals surface area contributed by atoms with Crippen LogP contribution in [0.5, 0.6) is 11.5 Å². The van der Waals surface area contributed by atoms with Crippen molar-refractivity contribution >= 4 is 17.6 Å². The number of anilines is 1. The molecule has 0 spiro atoms. The molecule has 1 N–H and O–H groups in total. The van der Waals surface area contributed by atoms with Gasteiger partial charge in [0.15, 0.2) is 0 Å². The van der Waals surface area contributed by atoms with Gasteiger partial charge in [0.25, 0.3) is 5.91 Å². The molecule has 3 rings (SSSR count). The summed E-state index contributed by atoms with van der Waals surface area (Å²) in [7, 11) is 0. The molecule has 10 heteroatoms. The van der Waals surface area contributed by atoms with Crippen LogP contribution in [0.15, 0.2) is 66.7 Å². The summed E-state index contributed by atoms with van der Waals surface area (Å²) in [6, 6.07) is 17.5. The smallest absolute Gasteiger partial charge is 0.540 e. The van der Waals surface area contributed by atoms with Crippen LogP contribution >= 0.6 is 0 Å². The van der Waals surface area contributed by atoms with Gasteiger partial charge in [-0.05, 0) is 51.9 Å². The first-order valence-electron chi connectivity index (χ1n) is 10.6. The van der Waals surface area contributed by atoms with Crippen molar-refractivity contribution in [3.63, 3.8) is 0 Å². The zero-order valence-electron chi connectivity index (χ0n) is 20.2. The van der Waals surface area contributed by atoms with Gasteiger partial charge < -0.3 is 24.7 Å². The van der Waals surface area contributed by atoms with Crippen LogP contribution in [0.1, 0.15) is 31.9 Å². The fourth-order valence-electron chi connectivity index (χ4n) is 3.22. The van der Waals surface area contributed by atoms with E-state index in [0.717, 1.165) is 23.3 Å². The van der Waals surface area contributed by atoms with E-state index in [1.165, 1.54) is 24.3 Å². The first-order valence-corrected chi connectivity index (χ1v) is 10.6. The van der Waals surface area contributed by atoms with Crippen molar-refractivity contribution in [2.75, 3.05) is 5.32 Å². The largest absolute Gasteiger partial charge is 1.00 e. The topological polar surface area (TPSA) is 87.7 Å². The molecule has 6 nitrogen and oxygen atoms in total. The molecule has 0 unspecified atom stereocenters. The van der Waals surface area contributed by atoms with Crippen molar-refractivity contribution in [2.45, 2.75) is 39.2 Å². The summed E-state index contributed by atoms with van der Waals surface area (Å²) in [5.41, 5.74) is 3.08. The van der Waals surface area contributed by atoms with Gasteiger partial charge in [-0.15, -0.1) is 13.2 Å². The summed E-state index contributed by atoms with van der Waals surface area (Å²) in [6.45, 7) is 6.46. The summed E-state index contributed by atoms with van der Waals surface area (Å²) >= 11 is 0. The van der Waals surface area contributed by atoms with E-state index in [1.807, 2.05) is 24.3 Å². The molecule has 3 aromatic carbocycles. The van der Waals surface area contributed by atoms with Crippen molar-refractivity contribution in [2.24, 2.45) is 0 Å². The molecule has 0 aliphatic carbocycles. The number of aliphatic carboxylic acids is 1. The quantitative estimate of drug-likeness (QED) is 0.405. The van der Waals surface area contributed by atoms with Crippen molar-refractivity contribution in [3.8, 4) is 22.6 Å².